The van der Waals surface area contributed by atoms with Crippen molar-refractivity contribution in [3.8, 4) is 0 Å². The topological polar surface area (TPSA) is 62.2 Å². The molecule has 0 saturated carbocycles. The second-order valence-corrected chi connectivity index (χ2v) is 4.77. The Labute approximate surface area is 122 Å². The summed E-state index contributed by atoms with van der Waals surface area (Å²) < 4.78 is 0. The number of carboxylic acid groups (broad SMARTS) is 1. The van der Waals surface area contributed by atoms with Crippen molar-refractivity contribution in [2.45, 2.75) is 6.42 Å². The molecule has 3 rings (SSSR count). The molecule has 104 valence electrons. The van der Waals surface area contributed by atoms with Crippen LogP contribution in [0.5, 0.6) is 0 Å². The highest BCUT2D eigenvalue weighted by molar-refractivity contribution is 5.93. The number of nitrogens with zero attached hydrogens (tertiary/aromatic N) is 1. The highest BCUT2D eigenvalue weighted by Crippen LogP contribution is 2.24. The zero-order valence-corrected chi connectivity index (χ0v) is 11.3. The number of aromatic nitrogens is 1. The number of aliphatic carboxylic acids is 1. The van der Waals surface area contributed by atoms with Crippen LogP contribution in [0.4, 0.5) is 11.5 Å². The first-order chi connectivity index (χ1) is 10.2. The Morgan fingerprint density at radius 1 is 1.05 bits per heavy atom. The molecule has 1 heterocycles. The summed E-state index contributed by atoms with van der Waals surface area (Å²) in [5.74, 6) is -0.0366. The number of pyridine rings is 1. The molecule has 0 aliphatic heterocycles. The Hall–Kier alpha value is -2.88. The standard InChI is InChI=1S/C17H14N2O2/c20-16(21)11-12-5-7-14(8-6-12)19-17-15-4-2-1-3-13(15)9-10-18-17/h1-10H,11H2,(H,18,19)(H,20,21). The maximum atomic E-state index is 10.7. The van der Waals surface area contributed by atoms with E-state index in [4.69, 9.17) is 5.11 Å². The van der Waals surface area contributed by atoms with E-state index in [-0.39, 0.29) is 6.42 Å². The minimum atomic E-state index is -0.827. The van der Waals surface area contributed by atoms with Crippen LogP contribution < -0.4 is 5.32 Å². The predicted octanol–water partition coefficient (Wildman–Crippen LogP) is 3.61. The van der Waals surface area contributed by atoms with Crippen LogP contribution in [0, 0.1) is 0 Å². The van der Waals surface area contributed by atoms with Gasteiger partial charge in [0.25, 0.3) is 0 Å². The number of hydrogen-bond donors (Lipinski definition) is 2. The first kappa shape index (κ1) is 13.1. The van der Waals surface area contributed by atoms with E-state index in [0.717, 1.165) is 27.8 Å². The average molecular weight is 278 g/mol. The normalized spacial score (nSPS) is 10.5. The van der Waals surface area contributed by atoms with Gasteiger partial charge in [0.1, 0.15) is 5.82 Å². The summed E-state index contributed by atoms with van der Waals surface area (Å²) in [6, 6.07) is 17.3. The van der Waals surface area contributed by atoms with Crippen molar-refractivity contribution in [3.63, 3.8) is 0 Å². The lowest BCUT2D eigenvalue weighted by Crippen LogP contribution is -2.00. The fraction of sp³-hybridized carbons (Fsp3) is 0.0588. The summed E-state index contributed by atoms with van der Waals surface area (Å²) in [5, 5.41) is 14.2. The van der Waals surface area contributed by atoms with E-state index in [1.165, 1.54) is 0 Å². The van der Waals surface area contributed by atoms with Gasteiger partial charge in [-0.3, -0.25) is 4.79 Å². The molecule has 0 radical (unpaired) electrons. The quantitative estimate of drug-likeness (QED) is 0.765. The molecule has 0 amide bonds. The Morgan fingerprint density at radius 3 is 2.57 bits per heavy atom. The van der Waals surface area contributed by atoms with E-state index < -0.39 is 5.97 Å². The third-order valence-corrected chi connectivity index (χ3v) is 3.25. The van der Waals surface area contributed by atoms with Crippen LogP contribution in [0.1, 0.15) is 5.56 Å². The van der Waals surface area contributed by atoms with Crippen molar-refractivity contribution in [2.75, 3.05) is 5.32 Å². The van der Waals surface area contributed by atoms with Crippen molar-refractivity contribution in [1.29, 1.82) is 0 Å². The van der Waals surface area contributed by atoms with E-state index in [0.29, 0.717) is 0 Å². The van der Waals surface area contributed by atoms with Gasteiger partial charge in [0.2, 0.25) is 0 Å². The van der Waals surface area contributed by atoms with E-state index in [9.17, 15) is 4.79 Å². The summed E-state index contributed by atoms with van der Waals surface area (Å²) in [6.07, 6.45) is 1.80. The number of nitrogens with one attached hydrogen (secondary N) is 1. The lowest BCUT2D eigenvalue weighted by molar-refractivity contribution is -0.136. The summed E-state index contributed by atoms with van der Waals surface area (Å²) in [4.78, 5) is 15.0. The molecule has 0 aliphatic carbocycles. The number of anilines is 2. The van der Waals surface area contributed by atoms with Crippen LogP contribution in [0.2, 0.25) is 0 Å². The predicted molar refractivity (Wildman–Crippen MR) is 82.8 cm³/mol. The molecule has 0 fully saturated rings. The van der Waals surface area contributed by atoms with Gasteiger partial charge in [-0.2, -0.15) is 0 Å². The van der Waals surface area contributed by atoms with Crippen molar-refractivity contribution in [3.05, 3.63) is 66.4 Å². The van der Waals surface area contributed by atoms with Crippen LogP contribution in [-0.2, 0) is 11.2 Å². The molecule has 0 unspecified atom stereocenters. The molecule has 4 heteroatoms. The fourth-order valence-corrected chi connectivity index (χ4v) is 2.24. The Morgan fingerprint density at radius 2 is 1.81 bits per heavy atom. The minimum absolute atomic E-state index is 0.0345. The highest BCUT2D eigenvalue weighted by Gasteiger charge is 2.03. The molecule has 21 heavy (non-hydrogen) atoms. The molecule has 0 bridgehead atoms. The molecule has 0 atom stereocenters. The maximum absolute atomic E-state index is 10.7. The zero-order valence-electron chi connectivity index (χ0n) is 11.3. The molecular formula is C17H14N2O2. The van der Waals surface area contributed by atoms with Gasteiger partial charge >= 0.3 is 5.97 Å². The van der Waals surface area contributed by atoms with E-state index in [2.05, 4.69) is 10.3 Å². The van der Waals surface area contributed by atoms with Gasteiger partial charge in [0.15, 0.2) is 0 Å². The summed E-state index contributed by atoms with van der Waals surface area (Å²) >= 11 is 0. The third-order valence-electron chi connectivity index (χ3n) is 3.25. The molecule has 1 aromatic heterocycles. The number of hydrogen-bond acceptors (Lipinski definition) is 3. The van der Waals surface area contributed by atoms with Gasteiger partial charge in [-0.15, -0.1) is 0 Å². The van der Waals surface area contributed by atoms with Gasteiger partial charge < -0.3 is 10.4 Å². The molecule has 0 aliphatic rings. The third kappa shape index (κ3) is 3.00. The number of rotatable bonds is 4. The summed E-state index contributed by atoms with van der Waals surface area (Å²) in [6.45, 7) is 0. The van der Waals surface area contributed by atoms with E-state index in [1.54, 1.807) is 6.20 Å². The zero-order chi connectivity index (χ0) is 14.7. The number of carbonyl (C=O) groups is 1. The molecule has 0 spiro atoms. The molecule has 0 saturated heterocycles. The lowest BCUT2D eigenvalue weighted by Gasteiger charge is -2.09. The molecule has 3 aromatic rings. The largest absolute Gasteiger partial charge is 0.481 e. The van der Waals surface area contributed by atoms with Gasteiger partial charge in [-0.05, 0) is 29.1 Å². The summed E-state index contributed by atoms with van der Waals surface area (Å²) in [7, 11) is 0. The molecule has 4 nitrogen and oxygen atoms in total. The second kappa shape index (κ2) is 5.63. The first-order valence-corrected chi connectivity index (χ1v) is 6.64. The molecule has 2 N–H and O–H groups in total. The van der Waals surface area contributed by atoms with Gasteiger partial charge in [0.05, 0.1) is 6.42 Å². The number of benzene rings is 2. The number of carboxylic acids is 1. The van der Waals surface area contributed by atoms with Gasteiger partial charge in [-0.1, -0.05) is 36.4 Å². The van der Waals surface area contributed by atoms with E-state index >= 15 is 0 Å². The van der Waals surface area contributed by atoms with Crippen LogP contribution in [-0.4, -0.2) is 16.1 Å². The first-order valence-electron chi connectivity index (χ1n) is 6.64. The monoisotopic (exact) mass is 278 g/mol. The molecule has 2 aromatic carbocycles. The van der Waals surface area contributed by atoms with Crippen LogP contribution in [0.25, 0.3) is 10.8 Å². The maximum Gasteiger partial charge on any atom is 0.307 e. The van der Waals surface area contributed by atoms with Crippen LogP contribution >= 0.6 is 0 Å². The minimum Gasteiger partial charge on any atom is -0.481 e. The number of fused-ring (bicyclic) bond motifs is 1. The smallest absolute Gasteiger partial charge is 0.307 e. The molecular weight excluding hydrogens is 264 g/mol. The van der Waals surface area contributed by atoms with Crippen LogP contribution in [0.15, 0.2) is 60.8 Å². The SMILES string of the molecule is O=C(O)Cc1ccc(Nc2nccc3ccccc23)cc1. The Kier molecular flexibility index (Phi) is 3.51. The van der Waals surface area contributed by atoms with Gasteiger partial charge in [0, 0.05) is 17.3 Å². The van der Waals surface area contributed by atoms with Crippen molar-refractivity contribution in [1.82, 2.24) is 4.98 Å². The van der Waals surface area contributed by atoms with Crippen molar-refractivity contribution < 1.29 is 9.90 Å². The summed E-state index contributed by atoms with van der Waals surface area (Å²) in [5.41, 5.74) is 1.66. The Balaban J connectivity index is 1.87. The lowest BCUT2D eigenvalue weighted by atomic mass is 10.1. The second-order valence-electron chi connectivity index (χ2n) is 4.77. The van der Waals surface area contributed by atoms with E-state index in [1.807, 2.05) is 54.6 Å². The highest BCUT2D eigenvalue weighted by atomic mass is 16.4. The Bertz CT molecular complexity index is 777. The van der Waals surface area contributed by atoms with Crippen LogP contribution in [0.3, 0.4) is 0 Å². The van der Waals surface area contributed by atoms with Crippen molar-refractivity contribution >= 4 is 28.2 Å². The van der Waals surface area contributed by atoms with Crippen molar-refractivity contribution in [2.24, 2.45) is 0 Å². The fourth-order valence-electron chi connectivity index (χ4n) is 2.24. The van der Waals surface area contributed by atoms with Gasteiger partial charge in [-0.25, -0.2) is 4.98 Å². The average Bonchev–Trinajstić information content (AvgIpc) is 2.49.